The molecule has 3 rings (SSSR count). The summed E-state index contributed by atoms with van der Waals surface area (Å²) in [6.45, 7) is 12.3. The molecule has 1 aliphatic carbocycles. The molecule has 2 saturated heterocycles. The lowest BCUT2D eigenvalue weighted by Gasteiger charge is -2.40. The van der Waals surface area contributed by atoms with Gasteiger partial charge in [-0.25, -0.2) is 0 Å². The van der Waals surface area contributed by atoms with Crippen molar-refractivity contribution in [3.05, 3.63) is 0 Å². The van der Waals surface area contributed by atoms with Crippen molar-refractivity contribution in [3.8, 4) is 0 Å². The molecule has 0 radical (unpaired) electrons. The second-order valence-corrected chi connectivity index (χ2v) is 16.1. The van der Waals surface area contributed by atoms with Crippen molar-refractivity contribution in [2.24, 2.45) is 23.7 Å². The Labute approximate surface area is 315 Å². The van der Waals surface area contributed by atoms with Crippen LogP contribution in [0.15, 0.2) is 0 Å². The Kier molecular flexibility index (Phi) is 17.5. The zero-order valence-corrected chi connectivity index (χ0v) is 32.9. The summed E-state index contributed by atoms with van der Waals surface area (Å²) in [5, 5.41) is 21.0. The van der Waals surface area contributed by atoms with Crippen LogP contribution < -0.4 is 21.3 Å². The molecule has 14 nitrogen and oxygen atoms in total. The summed E-state index contributed by atoms with van der Waals surface area (Å²) in [6, 6.07) is -5.07. The van der Waals surface area contributed by atoms with E-state index in [1.54, 1.807) is 0 Å². The van der Waals surface area contributed by atoms with Crippen LogP contribution in [0.5, 0.6) is 0 Å². The topological polar surface area (TPSA) is 194 Å². The smallest absolute Gasteiger partial charge is 0.305 e. The van der Waals surface area contributed by atoms with E-state index in [1.165, 1.54) is 29.1 Å². The second-order valence-electron chi connectivity index (χ2n) is 16.1. The molecular formula is C39H66N6O8. The van der Waals surface area contributed by atoms with Gasteiger partial charge in [-0.2, -0.15) is 0 Å². The summed E-state index contributed by atoms with van der Waals surface area (Å²) in [5.74, 6) is -3.86. The van der Waals surface area contributed by atoms with Crippen LogP contribution in [0.1, 0.15) is 131 Å². The first-order valence-corrected chi connectivity index (χ1v) is 20.2. The lowest BCUT2D eigenvalue weighted by atomic mass is 9.79. The Morgan fingerprint density at radius 1 is 0.642 bits per heavy atom. The Balaban J connectivity index is 1.75. The zero-order chi connectivity index (χ0) is 39.2. The fourth-order valence-corrected chi connectivity index (χ4v) is 8.01. The summed E-state index contributed by atoms with van der Waals surface area (Å²) < 4.78 is 0. The first-order valence-electron chi connectivity index (χ1n) is 20.2. The maximum absolute atomic E-state index is 14.1. The average molecular weight is 747 g/mol. The largest absolute Gasteiger partial charge is 0.481 e. The molecule has 0 spiro atoms. The number of piperidine rings is 2. The van der Waals surface area contributed by atoms with E-state index in [2.05, 4.69) is 28.2 Å². The van der Waals surface area contributed by atoms with Crippen molar-refractivity contribution >= 4 is 41.4 Å². The molecule has 53 heavy (non-hydrogen) atoms. The van der Waals surface area contributed by atoms with Gasteiger partial charge >= 0.3 is 5.97 Å². The molecule has 0 bridgehead atoms. The van der Waals surface area contributed by atoms with Crippen LogP contribution in [-0.4, -0.2) is 106 Å². The number of likely N-dealkylation sites (tertiary alicyclic amines) is 2. The quantitative estimate of drug-likeness (QED) is 0.150. The summed E-state index contributed by atoms with van der Waals surface area (Å²) >= 11 is 0. The third-order valence-electron chi connectivity index (χ3n) is 11.2. The molecule has 3 aliphatic rings. The number of nitrogens with zero attached hydrogens (tertiary/aromatic N) is 2. The van der Waals surface area contributed by atoms with Gasteiger partial charge in [0.05, 0.1) is 6.42 Å². The molecule has 0 aromatic carbocycles. The van der Waals surface area contributed by atoms with E-state index in [1.807, 2.05) is 34.6 Å². The van der Waals surface area contributed by atoms with Crippen LogP contribution in [0, 0.1) is 23.7 Å². The molecule has 2 heterocycles. The molecule has 2 aliphatic heterocycles. The first-order chi connectivity index (χ1) is 25.2. The summed E-state index contributed by atoms with van der Waals surface area (Å²) in [6.07, 6.45) is 9.30. The van der Waals surface area contributed by atoms with Gasteiger partial charge in [0, 0.05) is 26.1 Å². The van der Waals surface area contributed by atoms with E-state index in [-0.39, 0.29) is 48.6 Å². The predicted molar refractivity (Wildman–Crippen MR) is 200 cm³/mol. The number of hydrogen-bond donors (Lipinski definition) is 5. The number of carbonyl (C=O) groups is 7. The number of carboxylic acid groups (broad SMARTS) is 1. The molecule has 0 unspecified atom stereocenters. The van der Waals surface area contributed by atoms with Gasteiger partial charge < -0.3 is 36.2 Å². The molecule has 5 N–H and O–H groups in total. The molecule has 0 aromatic heterocycles. The highest BCUT2D eigenvalue weighted by molar-refractivity contribution is 5.97. The molecule has 300 valence electrons. The number of carbonyl (C=O) groups excluding carboxylic acids is 6. The third-order valence-corrected chi connectivity index (χ3v) is 11.2. The van der Waals surface area contributed by atoms with E-state index in [0.717, 1.165) is 19.3 Å². The lowest BCUT2D eigenvalue weighted by molar-refractivity contribution is -0.151. The van der Waals surface area contributed by atoms with E-state index >= 15 is 0 Å². The minimum atomic E-state index is -1.48. The van der Waals surface area contributed by atoms with Gasteiger partial charge in [0.25, 0.3) is 0 Å². The Hall–Kier alpha value is -3.71. The van der Waals surface area contributed by atoms with Crippen molar-refractivity contribution in [3.63, 3.8) is 0 Å². The van der Waals surface area contributed by atoms with E-state index in [9.17, 15) is 38.7 Å². The van der Waals surface area contributed by atoms with Crippen molar-refractivity contribution in [1.29, 1.82) is 0 Å². The number of rotatable bonds is 17. The fraction of sp³-hybridized carbons (Fsp3) is 0.821. The van der Waals surface area contributed by atoms with E-state index < -0.39 is 60.3 Å². The Morgan fingerprint density at radius 3 is 1.70 bits per heavy atom. The number of hydrogen-bond acceptors (Lipinski definition) is 7. The fourth-order valence-electron chi connectivity index (χ4n) is 8.01. The van der Waals surface area contributed by atoms with Crippen LogP contribution in [0.25, 0.3) is 0 Å². The van der Waals surface area contributed by atoms with Crippen LogP contribution in [0.4, 0.5) is 0 Å². The predicted octanol–water partition coefficient (Wildman–Crippen LogP) is 3.12. The normalized spacial score (nSPS) is 22.0. The first kappa shape index (κ1) is 43.7. The van der Waals surface area contributed by atoms with Crippen molar-refractivity contribution in [2.75, 3.05) is 19.6 Å². The molecular weight excluding hydrogens is 680 g/mol. The van der Waals surface area contributed by atoms with Gasteiger partial charge in [-0.1, -0.05) is 73.6 Å². The van der Waals surface area contributed by atoms with Crippen LogP contribution in [-0.2, 0) is 33.6 Å². The number of nitrogens with one attached hydrogen (secondary N) is 4. The number of carboxylic acids is 1. The molecule has 6 amide bonds. The maximum atomic E-state index is 14.1. The molecule has 14 heteroatoms. The molecule has 6 atom stereocenters. The summed E-state index contributed by atoms with van der Waals surface area (Å²) in [7, 11) is 0. The highest BCUT2D eigenvalue weighted by Crippen LogP contribution is 2.31. The highest BCUT2D eigenvalue weighted by atomic mass is 16.4. The van der Waals surface area contributed by atoms with Gasteiger partial charge in [-0.15, -0.1) is 0 Å². The minimum absolute atomic E-state index is 0.181. The van der Waals surface area contributed by atoms with Crippen molar-refractivity contribution in [2.45, 2.75) is 162 Å². The lowest BCUT2D eigenvalue weighted by Crippen LogP contribution is -2.62. The second kappa shape index (κ2) is 21.2. The van der Waals surface area contributed by atoms with Crippen LogP contribution in [0.3, 0.4) is 0 Å². The van der Waals surface area contributed by atoms with Gasteiger partial charge in [-0.05, 0) is 68.6 Å². The molecule has 0 aromatic rings. The van der Waals surface area contributed by atoms with Crippen molar-refractivity contribution in [1.82, 2.24) is 31.1 Å². The van der Waals surface area contributed by atoms with Gasteiger partial charge in [-0.3, -0.25) is 33.6 Å². The van der Waals surface area contributed by atoms with Gasteiger partial charge in [0.15, 0.2) is 0 Å². The van der Waals surface area contributed by atoms with E-state index in [4.69, 9.17) is 0 Å². The SMILES string of the molecule is CCCNC(=O)[C@@H](NC(=O)[C@@H]1CCCCN1C(=O)[C@H](CC(=O)O)NC(=O)[C@@H]1CCCCN1C(=O)[C@@H](NC(=O)C[C@H](C)C1CCCCC1)C(C)C)C(C)C. The van der Waals surface area contributed by atoms with Gasteiger partial charge in [0.2, 0.25) is 35.4 Å². The third kappa shape index (κ3) is 12.7. The average Bonchev–Trinajstić information content (AvgIpc) is 3.13. The van der Waals surface area contributed by atoms with Crippen LogP contribution >= 0.6 is 0 Å². The number of amides is 6. The van der Waals surface area contributed by atoms with E-state index in [0.29, 0.717) is 57.4 Å². The zero-order valence-electron chi connectivity index (χ0n) is 32.9. The van der Waals surface area contributed by atoms with Gasteiger partial charge in [0.1, 0.15) is 30.2 Å². The monoisotopic (exact) mass is 746 g/mol. The van der Waals surface area contributed by atoms with Crippen LogP contribution in [0.2, 0.25) is 0 Å². The maximum Gasteiger partial charge on any atom is 0.305 e. The molecule has 1 saturated carbocycles. The summed E-state index contributed by atoms with van der Waals surface area (Å²) in [5.41, 5.74) is 0. The standard InChI is InChI=1S/C39H66N6O8/c1-7-19-40-37(51)33(24(2)3)43-36(50)30-18-11-13-20-44(30)38(52)28(23-32(47)48)41-35(49)29-17-12-14-21-45(29)39(53)34(25(4)5)42-31(46)22-26(6)27-15-9-8-10-16-27/h24-30,33-34H,7-23H2,1-6H3,(H,40,51)(H,41,49)(H,42,46)(H,43,50)(H,47,48)/t26-,28-,29-,30-,33-,34-/m0/s1. The molecule has 3 fully saturated rings. The highest BCUT2D eigenvalue weighted by Gasteiger charge is 2.42. The number of aliphatic carboxylic acids is 1. The Morgan fingerprint density at radius 2 is 1.17 bits per heavy atom. The minimum Gasteiger partial charge on any atom is -0.481 e. The summed E-state index contributed by atoms with van der Waals surface area (Å²) in [4.78, 5) is 96.5. The van der Waals surface area contributed by atoms with Crippen molar-refractivity contribution < 1.29 is 38.7 Å². The Bertz CT molecular complexity index is 1280.